The van der Waals surface area contributed by atoms with Crippen molar-refractivity contribution in [2.75, 3.05) is 15.9 Å². The maximum Gasteiger partial charge on any atom is 0.416 e. The summed E-state index contributed by atoms with van der Waals surface area (Å²) in [4.78, 5) is 12.5. The van der Waals surface area contributed by atoms with Crippen molar-refractivity contribution in [3.05, 3.63) is 59.1 Å². The molecule has 27 heavy (non-hydrogen) atoms. The first-order valence-electron chi connectivity index (χ1n) is 7.62. The highest BCUT2D eigenvalue weighted by Gasteiger charge is 2.32. The van der Waals surface area contributed by atoms with Gasteiger partial charge < -0.3 is 5.32 Å². The highest BCUT2D eigenvalue weighted by Crippen LogP contribution is 2.31. The van der Waals surface area contributed by atoms with Gasteiger partial charge in [0.15, 0.2) is 0 Å². The van der Waals surface area contributed by atoms with E-state index in [1.54, 1.807) is 0 Å². The normalized spacial score (nSPS) is 13.1. The van der Waals surface area contributed by atoms with Gasteiger partial charge in [-0.25, -0.2) is 8.42 Å². The van der Waals surface area contributed by atoms with Gasteiger partial charge in [-0.15, -0.1) is 0 Å². The summed E-state index contributed by atoms with van der Waals surface area (Å²) in [5, 5.41) is 2.70. The molecule has 1 atom stereocenters. The molecule has 0 aliphatic heterocycles. The Balaban J connectivity index is 2.29. The van der Waals surface area contributed by atoms with E-state index in [0.29, 0.717) is 5.02 Å². The van der Waals surface area contributed by atoms with Gasteiger partial charge in [0, 0.05) is 10.7 Å². The monoisotopic (exact) mass is 420 g/mol. The number of anilines is 2. The summed E-state index contributed by atoms with van der Waals surface area (Å²) < 4.78 is 63.6. The van der Waals surface area contributed by atoms with Crippen LogP contribution in [0.4, 0.5) is 24.5 Å². The Morgan fingerprint density at radius 3 is 2.26 bits per heavy atom. The fourth-order valence-corrected chi connectivity index (χ4v) is 3.72. The third-order valence-corrected chi connectivity index (χ3v) is 5.12. The van der Waals surface area contributed by atoms with Gasteiger partial charge in [0.05, 0.1) is 17.5 Å². The zero-order chi connectivity index (χ0) is 20.4. The zero-order valence-corrected chi connectivity index (χ0v) is 15.9. The molecule has 0 radical (unpaired) electrons. The second-order valence-electron chi connectivity index (χ2n) is 5.78. The standard InChI is InChI=1S/C17H16ClF3N2O3S/c1-11(23(27(2,25)26)15-8-6-13(18)7-9-15)16(24)22-14-5-3-4-12(10-14)17(19,20)21/h3-11H,1-2H3,(H,22,24)/t11-/m0/s1. The Labute approximate surface area is 159 Å². The van der Waals surface area contributed by atoms with Crippen LogP contribution in [-0.4, -0.2) is 26.6 Å². The molecule has 0 saturated heterocycles. The lowest BCUT2D eigenvalue weighted by Gasteiger charge is -2.28. The molecule has 5 nitrogen and oxygen atoms in total. The van der Waals surface area contributed by atoms with E-state index >= 15 is 0 Å². The number of nitrogens with one attached hydrogen (secondary N) is 1. The van der Waals surface area contributed by atoms with Crippen molar-refractivity contribution in [2.24, 2.45) is 0 Å². The van der Waals surface area contributed by atoms with Crippen molar-refractivity contribution in [1.29, 1.82) is 0 Å². The molecule has 2 rings (SSSR count). The summed E-state index contributed by atoms with van der Waals surface area (Å²) in [6, 6.07) is 8.65. The Morgan fingerprint density at radius 1 is 1.15 bits per heavy atom. The average molecular weight is 421 g/mol. The molecule has 1 N–H and O–H groups in total. The van der Waals surface area contributed by atoms with E-state index in [-0.39, 0.29) is 11.4 Å². The fourth-order valence-electron chi connectivity index (χ4n) is 2.42. The van der Waals surface area contributed by atoms with Crippen LogP contribution in [0.3, 0.4) is 0 Å². The molecular weight excluding hydrogens is 405 g/mol. The molecule has 1 amide bonds. The van der Waals surface area contributed by atoms with Gasteiger partial charge >= 0.3 is 6.18 Å². The minimum atomic E-state index is -4.56. The Hall–Kier alpha value is -2.26. The Morgan fingerprint density at radius 2 is 1.74 bits per heavy atom. The van der Waals surface area contributed by atoms with Gasteiger partial charge in [0.1, 0.15) is 6.04 Å². The van der Waals surface area contributed by atoms with Crippen molar-refractivity contribution < 1.29 is 26.4 Å². The molecule has 0 saturated carbocycles. The first kappa shape index (κ1) is 21.0. The van der Waals surface area contributed by atoms with Crippen molar-refractivity contribution in [3.63, 3.8) is 0 Å². The third-order valence-electron chi connectivity index (χ3n) is 3.63. The number of halogens is 4. The molecule has 0 spiro atoms. The van der Waals surface area contributed by atoms with Gasteiger partial charge in [-0.05, 0) is 49.4 Å². The summed E-state index contributed by atoms with van der Waals surface area (Å²) in [7, 11) is -3.85. The molecule has 0 aromatic heterocycles. The Bertz CT molecular complexity index is 931. The summed E-state index contributed by atoms with van der Waals surface area (Å²) in [6.07, 6.45) is -3.63. The molecule has 0 unspecified atom stereocenters. The smallest absolute Gasteiger partial charge is 0.324 e. The topological polar surface area (TPSA) is 66.5 Å². The first-order chi connectivity index (χ1) is 12.4. The Kier molecular flexibility index (Phi) is 6.06. The molecule has 0 heterocycles. The molecule has 2 aromatic carbocycles. The van der Waals surface area contributed by atoms with Gasteiger partial charge in [0.2, 0.25) is 15.9 Å². The van der Waals surface area contributed by atoms with Crippen LogP contribution in [0.15, 0.2) is 48.5 Å². The van der Waals surface area contributed by atoms with Crippen molar-refractivity contribution in [3.8, 4) is 0 Å². The molecule has 2 aromatic rings. The number of alkyl halides is 3. The SMILES string of the molecule is C[C@@H](C(=O)Nc1cccc(C(F)(F)F)c1)N(c1ccc(Cl)cc1)S(C)(=O)=O. The van der Waals surface area contributed by atoms with E-state index in [4.69, 9.17) is 11.6 Å². The van der Waals surface area contributed by atoms with Gasteiger partial charge in [-0.1, -0.05) is 17.7 Å². The molecule has 0 bridgehead atoms. The number of nitrogens with zero attached hydrogens (tertiary/aromatic N) is 1. The van der Waals surface area contributed by atoms with Gasteiger partial charge in [0.25, 0.3) is 0 Å². The summed E-state index contributed by atoms with van der Waals surface area (Å²) in [5.41, 5.74) is -0.814. The van der Waals surface area contributed by atoms with Crippen molar-refractivity contribution in [2.45, 2.75) is 19.1 Å². The summed E-state index contributed by atoms with van der Waals surface area (Å²) in [6.45, 7) is 1.33. The maximum atomic E-state index is 12.8. The van der Waals surface area contributed by atoms with Crippen LogP contribution >= 0.6 is 11.6 Å². The molecular formula is C17H16ClF3N2O3S. The van der Waals surface area contributed by atoms with E-state index in [0.717, 1.165) is 28.8 Å². The maximum absolute atomic E-state index is 12.8. The quantitative estimate of drug-likeness (QED) is 0.790. The molecule has 10 heteroatoms. The lowest BCUT2D eigenvalue weighted by atomic mass is 10.2. The first-order valence-corrected chi connectivity index (χ1v) is 9.85. The zero-order valence-electron chi connectivity index (χ0n) is 14.3. The van der Waals surface area contributed by atoms with Gasteiger partial charge in [-0.3, -0.25) is 9.10 Å². The third kappa shape index (κ3) is 5.36. The lowest BCUT2D eigenvalue weighted by molar-refractivity contribution is -0.137. The van der Waals surface area contributed by atoms with Crippen LogP contribution in [0, 0.1) is 0 Å². The summed E-state index contributed by atoms with van der Waals surface area (Å²) in [5.74, 6) is -0.783. The predicted octanol–water partition coefficient (Wildman–Crippen LogP) is 4.15. The van der Waals surface area contributed by atoms with Crippen LogP contribution in [0.25, 0.3) is 0 Å². The van der Waals surface area contributed by atoms with Crippen LogP contribution in [0.2, 0.25) is 5.02 Å². The van der Waals surface area contributed by atoms with Crippen LogP contribution in [0.5, 0.6) is 0 Å². The second kappa shape index (κ2) is 7.77. The number of sulfonamides is 1. The molecule has 0 aliphatic carbocycles. The number of rotatable bonds is 5. The molecule has 0 fully saturated rings. The number of amides is 1. The van der Waals surface area contributed by atoms with Crippen LogP contribution in [-0.2, 0) is 21.0 Å². The second-order valence-corrected chi connectivity index (χ2v) is 8.07. The van der Waals surface area contributed by atoms with E-state index in [2.05, 4.69) is 5.32 Å². The van der Waals surface area contributed by atoms with Crippen LogP contribution in [0.1, 0.15) is 12.5 Å². The van der Waals surface area contributed by atoms with E-state index in [1.165, 1.54) is 37.3 Å². The number of benzene rings is 2. The van der Waals surface area contributed by atoms with E-state index in [1.807, 2.05) is 0 Å². The minimum Gasteiger partial charge on any atom is -0.324 e. The highest BCUT2D eigenvalue weighted by molar-refractivity contribution is 7.92. The summed E-state index contributed by atoms with van der Waals surface area (Å²) >= 11 is 5.79. The largest absolute Gasteiger partial charge is 0.416 e. The molecule has 146 valence electrons. The van der Waals surface area contributed by atoms with Crippen LogP contribution < -0.4 is 9.62 Å². The number of hydrogen-bond donors (Lipinski definition) is 1. The number of carbonyl (C=O) groups is 1. The average Bonchev–Trinajstić information content (AvgIpc) is 2.55. The minimum absolute atomic E-state index is 0.0915. The van der Waals surface area contributed by atoms with E-state index in [9.17, 15) is 26.4 Å². The van der Waals surface area contributed by atoms with Crippen molar-refractivity contribution in [1.82, 2.24) is 0 Å². The molecule has 0 aliphatic rings. The lowest BCUT2D eigenvalue weighted by Crippen LogP contribution is -2.45. The fraction of sp³-hybridized carbons (Fsp3) is 0.235. The van der Waals surface area contributed by atoms with E-state index < -0.39 is 33.7 Å². The number of carbonyl (C=O) groups excluding carboxylic acids is 1. The van der Waals surface area contributed by atoms with Gasteiger partial charge in [-0.2, -0.15) is 13.2 Å². The highest BCUT2D eigenvalue weighted by atomic mass is 35.5. The van der Waals surface area contributed by atoms with Crippen molar-refractivity contribution >= 4 is 38.9 Å². The predicted molar refractivity (Wildman–Crippen MR) is 98.3 cm³/mol. The number of hydrogen-bond acceptors (Lipinski definition) is 3.